The topological polar surface area (TPSA) is 122 Å². The number of carboxylic acids is 1. The van der Waals surface area contributed by atoms with Crippen molar-refractivity contribution in [3.8, 4) is 0 Å². The number of carboxylic acid groups (broad SMARTS) is 1. The van der Waals surface area contributed by atoms with Crippen LogP contribution in [0.1, 0.15) is 13.3 Å². The molecular formula is C10H17N3O5. The molecule has 4 N–H and O–H groups in total. The number of carbonyl (C=O) groups is 3. The zero-order valence-electron chi connectivity index (χ0n) is 10.1. The molecule has 0 spiro atoms. The molecule has 0 aliphatic carbocycles. The van der Waals surface area contributed by atoms with Crippen molar-refractivity contribution in [3.05, 3.63) is 0 Å². The van der Waals surface area contributed by atoms with Crippen LogP contribution in [-0.2, 0) is 14.3 Å². The van der Waals surface area contributed by atoms with E-state index in [9.17, 15) is 14.4 Å². The molecule has 8 heteroatoms. The lowest BCUT2D eigenvalue weighted by Crippen LogP contribution is -2.58. The zero-order valence-corrected chi connectivity index (χ0v) is 10.1. The first kappa shape index (κ1) is 14.2. The first-order chi connectivity index (χ1) is 8.41. The number of nitrogens with two attached hydrogens (primary N) is 1. The van der Waals surface area contributed by atoms with Crippen LogP contribution in [0, 0.1) is 0 Å². The number of amides is 3. The number of morpholine rings is 1. The average Bonchev–Trinajstić information content (AvgIpc) is 2.27. The number of carbonyl (C=O) groups excluding carboxylic acids is 2. The largest absolute Gasteiger partial charge is 0.481 e. The minimum atomic E-state index is -1.00. The molecule has 0 saturated carbocycles. The molecule has 1 aliphatic rings. The molecule has 0 aromatic carbocycles. The van der Waals surface area contributed by atoms with Crippen molar-refractivity contribution in [2.45, 2.75) is 25.4 Å². The van der Waals surface area contributed by atoms with Gasteiger partial charge in [0.05, 0.1) is 19.6 Å². The second-order valence-electron chi connectivity index (χ2n) is 4.13. The number of hydrogen-bond acceptors (Lipinski definition) is 4. The SMILES string of the molecule is CC(CC(=O)O)NC(=O)N1CCOCC1C(N)=O. The fourth-order valence-electron chi connectivity index (χ4n) is 1.69. The highest BCUT2D eigenvalue weighted by atomic mass is 16.5. The quantitative estimate of drug-likeness (QED) is 0.582. The van der Waals surface area contributed by atoms with E-state index in [4.69, 9.17) is 15.6 Å². The van der Waals surface area contributed by atoms with E-state index in [0.29, 0.717) is 6.61 Å². The molecule has 2 atom stereocenters. The van der Waals surface area contributed by atoms with Crippen LogP contribution >= 0.6 is 0 Å². The summed E-state index contributed by atoms with van der Waals surface area (Å²) in [5, 5.41) is 11.1. The Kier molecular flexibility index (Phi) is 4.90. The zero-order chi connectivity index (χ0) is 13.7. The molecule has 0 aromatic heterocycles. The van der Waals surface area contributed by atoms with Gasteiger partial charge in [-0.2, -0.15) is 0 Å². The highest BCUT2D eigenvalue weighted by Crippen LogP contribution is 2.07. The predicted molar refractivity (Wildman–Crippen MR) is 60.8 cm³/mol. The molecule has 0 bridgehead atoms. The van der Waals surface area contributed by atoms with Crippen LogP contribution in [0.25, 0.3) is 0 Å². The minimum absolute atomic E-state index is 0.0655. The molecule has 0 radical (unpaired) electrons. The third kappa shape index (κ3) is 3.88. The molecule has 0 aromatic rings. The third-order valence-corrected chi connectivity index (χ3v) is 2.57. The fourth-order valence-corrected chi connectivity index (χ4v) is 1.69. The van der Waals surface area contributed by atoms with E-state index in [2.05, 4.69) is 5.32 Å². The lowest BCUT2D eigenvalue weighted by atomic mass is 10.2. The number of hydrogen-bond donors (Lipinski definition) is 3. The summed E-state index contributed by atoms with van der Waals surface area (Å²) in [5.41, 5.74) is 5.17. The van der Waals surface area contributed by atoms with Gasteiger partial charge in [-0.25, -0.2) is 4.79 Å². The number of nitrogens with zero attached hydrogens (tertiary/aromatic N) is 1. The van der Waals surface area contributed by atoms with E-state index in [1.807, 2.05) is 0 Å². The number of rotatable bonds is 4. The first-order valence-electron chi connectivity index (χ1n) is 5.57. The summed E-state index contributed by atoms with van der Waals surface area (Å²) in [4.78, 5) is 34.8. The maximum Gasteiger partial charge on any atom is 0.318 e. The van der Waals surface area contributed by atoms with Crippen LogP contribution < -0.4 is 11.1 Å². The van der Waals surface area contributed by atoms with Gasteiger partial charge in [0.15, 0.2) is 0 Å². The molecule has 1 aliphatic heterocycles. The Morgan fingerprint density at radius 2 is 2.22 bits per heavy atom. The number of ether oxygens (including phenoxy) is 1. The molecule has 18 heavy (non-hydrogen) atoms. The van der Waals surface area contributed by atoms with Gasteiger partial charge in [0.2, 0.25) is 5.91 Å². The molecule has 102 valence electrons. The van der Waals surface area contributed by atoms with Crippen molar-refractivity contribution >= 4 is 17.9 Å². The molecule has 1 fully saturated rings. The van der Waals surface area contributed by atoms with E-state index in [1.54, 1.807) is 6.92 Å². The minimum Gasteiger partial charge on any atom is -0.481 e. The average molecular weight is 259 g/mol. The lowest BCUT2D eigenvalue weighted by molar-refractivity contribution is -0.137. The van der Waals surface area contributed by atoms with Crippen LogP contribution in [-0.4, -0.2) is 59.8 Å². The maximum atomic E-state index is 11.9. The number of primary amides is 1. The summed E-state index contributed by atoms with van der Waals surface area (Å²) in [6.45, 7) is 2.21. The fraction of sp³-hybridized carbons (Fsp3) is 0.700. The summed E-state index contributed by atoms with van der Waals surface area (Å²) < 4.78 is 5.08. The van der Waals surface area contributed by atoms with Crippen molar-refractivity contribution in [2.75, 3.05) is 19.8 Å². The van der Waals surface area contributed by atoms with E-state index in [0.717, 1.165) is 0 Å². The molecule has 1 heterocycles. The Morgan fingerprint density at radius 1 is 1.56 bits per heavy atom. The van der Waals surface area contributed by atoms with Crippen molar-refractivity contribution in [2.24, 2.45) is 5.73 Å². The Bertz CT molecular complexity index is 346. The van der Waals surface area contributed by atoms with Crippen LogP contribution in [0.3, 0.4) is 0 Å². The number of nitrogens with one attached hydrogen (secondary N) is 1. The van der Waals surface area contributed by atoms with Crippen LogP contribution in [0.4, 0.5) is 4.79 Å². The smallest absolute Gasteiger partial charge is 0.318 e. The van der Waals surface area contributed by atoms with Gasteiger partial charge in [0.1, 0.15) is 6.04 Å². The van der Waals surface area contributed by atoms with Gasteiger partial charge < -0.3 is 25.8 Å². The normalized spacial score (nSPS) is 21.2. The second-order valence-corrected chi connectivity index (χ2v) is 4.13. The van der Waals surface area contributed by atoms with Gasteiger partial charge in [0, 0.05) is 12.6 Å². The number of aliphatic carboxylic acids is 1. The van der Waals surface area contributed by atoms with E-state index >= 15 is 0 Å². The van der Waals surface area contributed by atoms with Crippen LogP contribution in [0.5, 0.6) is 0 Å². The van der Waals surface area contributed by atoms with Gasteiger partial charge in [-0.3, -0.25) is 9.59 Å². The summed E-state index contributed by atoms with van der Waals surface area (Å²) in [6.07, 6.45) is -0.183. The van der Waals surface area contributed by atoms with Crippen molar-refractivity contribution < 1.29 is 24.2 Å². The Morgan fingerprint density at radius 3 is 2.78 bits per heavy atom. The van der Waals surface area contributed by atoms with Gasteiger partial charge in [-0.05, 0) is 6.92 Å². The Labute approximate surface area is 104 Å². The molecule has 1 saturated heterocycles. The van der Waals surface area contributed by atoms with Crippen molar-refractivity contribution in [3.63, 3.8) is 0 Å². The molecule has 8 nitrogen and oxygen atoms in total. The standard InChI is InChI=1S/C10H17N3O5/c1-6(4-8(14)15)12-10(17)13-2-3-18-5-7(13)9(11)16/h6-7H,2-5H2,1H3,(H2,11,16)(H,12,17)(H,14,15). The molecule has 2 unspecified atom stereocenters. The van der Waals surface area contributed by atoms with Crippen molar-refractivity contribution in [1.29, 1.82) is 0 Å². The third-order valence-electron chi connectivity index (χ3n) is 2.57. The Hall–Kier alpha value is -1.83. The summed E-state index contributed by atoms with van der Waals surface area (Å²) in [6, 6.07) is -1.84. The monoisotopic (exact) mass is 259 g/mol. The first-order valence-corrected chi connectivity index (χ1v) is 5.57. The van der Waals surface area contributed by atoms with Gasteiger partial charge in [-0.1, -0.05) is 0 Å². The molecular weight excluding hydrogens is 242 g/mol. The second kappa shape index (κ2) is 6.20. The van der Waals surface area contributed by atoms with E-state index in [-0.39, 0.29) is 19.6 Å². The van der Waals surface area contributed by atoms with Gasteiger partial charge in [0.25, 0.3) is 0 Å². The molecule has 1 rings (SSSR count). The van der Waals surface area contributed by atoms with Crippen LogP contribution in [0.2, 0.25) is 0 Å². The van der Waals surface area contributed by atoms with Gasteiger partial charge in [-0.15, -0.1) is 0 Å². The maximum absolute atomic E-state index is 11.9. The van der Waals surface area contributed by atoms with Crippen LogP contribution in [0.15, 0.2) is 0 Å². The van der Waals surface area contributed by atoms with E-state index < -0.39 is 30.0 Å². The predicted octanol–water partition coefficient (Wildman–Crippen LogP) is -1.25. The van der Waals surface area contributed by atoms with Crippen molar-refractivity contribution in [1.82, 2.24) is 10.2 Å². The summed E-state index contributed by atoms with van der Waals surface area (Å²) in [5.74, 6) is -1.65. The number of urea groups is 1. The summed E-state index contributed by atoms with van der Waals surface area (Å²) in [7, 11) is 0. The van der Waals surface area contributed by atoms with Gasteiger partial charge >= 0.3 is 12.0 Å². The van der Waals surface area contributed by atoms with E-state index in [1.165, 1.54) is 4.90 Å². The highest BCUT2D eigenvalue weighted by Gasteiger charge is 2.31. The lowest BCUT2D eigenvalue weighted by Gasteiger charge is -2.34. The highest BCUT2D eigenvalue weighted by molar-refractivity contribution is 5.86. The summed E-state index contributed by atoms with van der Waals surface area (Å²) >= 11 is 0. The Balaban J connectivity index is 2.58. The molecule has 3 amide bonds.